The molecule has 1 aliphatic heterocycles. The fourth-order valence-electron chi connectivity index (χ4n) is 5.26. The highest BCUT2D eigenvalue weighted by Gasteiger charge is 2.36. The minimum atomic E-state index is -1.19. The quantitative estimate of drug-likeness (QED) is 0.356. The van der Waals surface area contributed by atoms with Crippen LogP contribution >= 0.6 is 0 Å². The zero-order valence-corrected chi connectivity index (χ0v) is 22.8. The number of carboxylic acids is 1. The fraction of sp³-hybridized carbons (Fsp3) is 0.312. The lowest BCUT2D eigenvalue weighted by molar-refractivity contribution is -0.160. The Hall–Kier alpha value is -3.77. The molecule has 0 radical (unpaired) electrons. The monoisotopic (exact) mass is 515 g/mol. The molecule has 198 valence electrons. The van der Waals surface area contributed by atoms with Gasteiger partial charge in [0.2, 0.25) is 0 Å². The summed E-state index contributed by atoms with van der Waals surface area (Å²) in [5.41, 5.74) is 6.55. The minimum absolute atomic E-state index is 0.264. The second-order valence-electron chi connectivity index (χ2n) is 10.9. The molecule has 6 heteroatoms. The molecule has 1 N–H and O–H groups in total. The van der Waals surface area contributed by atoms with Crippen molar-refractivity contribution in [3.05, 3.63) is 105 Å². The Kier molecular flexibility index (Phi) is 7.56. The summed E-state index contributed by atoms with van der Waals surface area (Å²) in [7, 11) is 0. The third-order valence-corrected chi connectivity index (χ3v) is 6.91. The Morgan fingerprint density at radius 1 is 1.00 bits per heavy atom. The van der Waals surface area contributed by atoms with Crippen molar-refractivity contribution in [2.75, 3.05) is 0 Å². The summed E-state index contributed by atoms with van der Waals surface area (Å²) in [6.07, 6.45) is 0.847. The predicted molar refractivity (Wildman–Crippen MR) is 147 cm³/mol. The van der Waals surface area contributed by atoms with Gasteiger partial charge in [-0.1, -0.05) is 42.5 Å². The highest BCUT2D eigenvalue weighted by Crippen LogP contribution is 2.42. The van der Waals surface area contributed by atoms with Crippen LogP contribution in [0, 0.1) is 19.7 Å². The van der Waals surface area contributed by atoms with Crippen LogP contribution in [0.2, 0.25) is 0 Å². The van der Waals surface area contributed by atoms with Gasteiger partial charge in [-0.05, 0) is 98.7 Å². The van der Waals surface area contributed by atoms with Gasteiger partial charge >= 0.3 is 5.97 Å². The molecule has 0 fully saturated rings. The van der Waals surface area contributed by atoms with Crippen molar-refractivity contribution in [1.82, 2.24) is 4.90 Å². The molecule has 0 aromatic heterocycles. The van der Waals surface area contributed by atoms with E-state index >= 15 is 0 Å². The predicted octanol–water partition coefficient (Wildman–Crippen LogP) is 7.10. The van der Waals surface area contributed by atoms with Crippen LogP contribution in [-0.2, 0) is 22.6 Å². The number of carboxylic acid groups (broad SMARTS) is 1. The molecule has 3 aromatic rings. The first-order chi connectivity index (χ1) is 17.9. The number of carbonyl (C=O) groups excluding carboxylic acids is 1. The van der Waals surface area contributed by atoms with E-state index in [1.54, 1.807) is 11.0 Å². The van der Waals surface area contributed by atoms with E-state index in [4.69, 9.17) is 4.74 Å². The van der Waals surface area contributed by atoms with Gasteiger partial charge in [-0.3, -0.25) is 4.79 Å². The van der Waals surface area contributed by atoms with Crippen molar-refractivity contribution < 1.29 is 23.8 Å². The summed E-state index contributed by atoms with van der Waals surface area (Å²) in [5.74, 6) is -1.79. The van der Waals surface area contributed by atoms with Crippen molar-refractivity contribution in [2.24, 2.45) is 0 Å². The highest BCUT2D eigenvalue weighted by atomic mass is 19.1. The second kappa shape index (κ2) is 10.5. The van der Waals surface area contributed by atoms with E-state index < -0.39 is 23.5 Å². The van der Waals surface area contributed by atoms with Crippen LogP contribution in [-0.4, -0.2) is 27.5 Å². The lowest BCUT2D eigenvalue weighted by Crippen LogP contribution is -2.29. The first kappa shape index (κ1) is 27.3. The Bertz CT molecular complexity index is 1420. The van der Waals surface area contributed by atoms with Crippen LogP contribution in [0.1, 0.15) is 83.1 Å². The number of halogens is 1. The number of carbonyl (C=O) groups is 2. The number of hydrogen-bond acceptors (Lipinski definition) is 3. The Balaban J connectivity index is 1.89. The fourth-order valence-corrected chi connectivity index (χ4v) is 5.26. The van der Waals surface area contributed by atoms with E-state index in [-0.39, 0.29) is 11.5 Å². The Labute approximate surface area is 223 Å². The van der Waals surface area contributed by atoms with Gasteiger partial charge in [0.05, 0.1) is 5.60 Å². The van der Waals surface area contributed by atoms with Crippen molar-refractivity contribution in [1.29, 1.82) is 0 Å². The molecule has 4 rings (SSSR count). The average molecular weight is 516 g/mol. The van der Waals surface area contributed by atoms with Crippen LogP contribution in [0.4, 0.5) is 4.39 Å². The van der Waals surface area contributed by atoms with Crippen molar-refractivity contribution in [3.63, 3.8) is 0 Å². The van der Waals surface area contributed by atoms with Gasteiger partial charge in [-0.2, -0.15) is 0 Å². The van der Waals surface area contributed by atoms with Gasteiger partial charge in [-0.25, -0.2) is 9.18 Å². The van der Waals surface area contributed by atoms with Crippen LogP contribution in [0.3, 0.4) is 0 Å². The first-order valence-corrected chi connectivity index (χ1v) is 12.7. The molecule has 38 heavy (non-hydrogen) atoms. The summed E-state index contributed by atoms with van der Waals surface area (Å²) in [6, 6.07) is 15.5. The Morgan fingerprint density at radius 3 is 2.21 bits per heavy atom. The molecule has 0 saturated carbocycles. The van der Waals surface area contributed by atoms with Crippen molar-refractivity contribution >= 4 is 23.5 Å². The minimum Gasteiger partial charge on any atom is -0.479 e. The van der Waals surface area contributed by atoms with E-state index in [1.807, 2.05) is 78.0 Å². The maximum Gasteiger partial charge on any atom is 0.337 e. The largest absolute Gasteiger partial charge is 0.479 e. The average Bonchev–Trinajstić information content (AvgIpc) is 3.30. The van der Waals surface area contributed by atoms with E-state index in [2.05, 4.69) is 0 Å². The second-order valence-corrected chi connectivity index (χ2v) is 10.9. The number of benzene rings is 3. The molecule has 0 unspecified atom stereocenters. The molecule has 0 spiro atoms. The number of amides is 1. The zero-order chi connectivity index (χ0) is 27.8. The smallest absolute Gasteiger partial charge is 0.337 e. The summed E-state index contributed by atoms with van der Waals surface area (Å²) >= 11 is 0. The zero-order valence-electron chi connectivity index (χ0n) is 22.8. The SMILES string of the molecule is C/C(=C\c1ccccc1)c1c(C)c2c(c(C)c1[C@H](OC(C)(C)C)C(=O)O)CN(C(=O)c1cccc(F)c1)C2. The maximum absolute atomic E-state index is 13.8. The van der Waals surface area contributed by atoms with Gasteiger partial charge < -0.3 is 14.7 Å². The number of ether oxygens (including phenoxy) is 1. The third kappa shape index (κ3) is 5.55. The summed E-state index contributed by atoms with van der Waals surface area (Å²) in [4.78, 5) is 27.6. The standard InChI is InChI=1S/C32H34FNO4/c1-19(15-22-11-8-7-9-12-22)27-20(2)25-17-34(30(35)23-13-10-14-24(33)16-23)18-26(25)21(3)28(27)29(31(36)37)38-32(4,5)6/h7-16,29H,17-18H2,1-6H3,(H,36,37)/b19-15+/t29-/m0/s1. The van der Waals surface area contributed by atoms with Gasteiger partial charge in [0.25, 0.3) is 5.91 Å². The lowest BCUT2D eigenvalue weighted by Gasteiger charge is -2.30. The molecule has 1 heterocycles. The topological polar surface area (TPSA) is 66.8 Å². The number of rotatable bonds is 6. The van der Waals surface area contributed by atoms with Crippen LogP contribution in [0.5, 0.6) is 0 Å². The lowest BCUT2D eigenvalue weighted by atomic mass is 9.83. The normalized spacial score (nSPS) is 14.4. The molecule has 3 aromatic carbocycles. The number of fused-ring (bicyclic) bond motifs is 1. The summed E-state index contributed by atoms with van der Waals surface area (Å²) in [5, 5.41) is 10.3. The number of aliphatic carboxylic acids is 1. The molecular weight excluding hydrogens is 481 g/mol. The molecule has 1 atom stereocenters. The molecule has 0 aliphatic carbocycles. The van der Waals surface area contributed by atoms with Crippen LogP contribution in [0.25, 0.3) is 11.6 Å². The van der Waals surface area contributed by atoms with E-state index in [1.165, 1.54) is 18.2 Å². The van der Waals surface area contributed by atoms with Gasteiger partial charge in [0.15, 0.2) is 6.10 Å². The van der Waals surface area contributed by atoms with Gasteiger partial charge in [-0.15, -0.1) is 0 Å². The molecule has 5 nitrogen and oxygen atoms in total. The van der Waals surface area contributed by atoms with Crippen molar-refractivity contribution in [3.8, 4) is 0 Å². The summed E-state index contributed by atoms with van der Waals surface area (Å²) in [6.45, 7) is 12.1. The molecule has 0 bridgehead atoms. The van der Waals surface area contributed by atoms with E-state index in [0.29, 0.717) is 18.7 Å². The third-order valence-electron chi connectivity index (χ3n) is 6.91. The van der Waals surface area contributed by atoms with E-state index in [0.717, 1.165) is 39.0 Å². The van der Waals surface area contributed by atoms with Gasteiger partial charge in [0, 0.05) is 24.2 Å². The van der Waals surface area contributed by atoms with Crippen LogP contribution in [0.15, 0.2) is 54.6 Å². The maximum atomic E-state index is 13.8. The molecule has 1 amide bonds. The first-order valence-electron chi connectivity index (χ1n) is 12.7. The molecule has 0 saturated heterocycles. The van der Waals surface area contributed by atoms with Gasteiger partial charge in [0.1, 0.15) is 5.82 Å². The number of hydrogen-bond donors (Lipinski definition) is 1. The molecular formula is C32H34FNO4. The number of allylic oxidation sites excluding steroid dienone is 1. The highest BCUT2D eigenvalue weighted by molar-refractivity contribution is 5.95. The Morgan fingerprint density at radius 2 is 1.63 bits per heavy atom. The summed E-state index contributed by atoms with van der Waals surface area (Å²) < 4.78 is 20.0. The van der Waals surface area contributed by atoms with Crippen LogP contribution < -0.4 is 0 Å². The number of nitrogens with zero attached hydrogens (tertiary/aromatic N) is 1. The van der Waals surface area contributed by atoms with E-state index in [9.17, 15) is 19.1 Å². The molecule has 1 aliphatic rings. The van der Waals surface area contributed by atoms with Crippen molar-refractivity contribution in [2.45, 2.75) is 66.3 Å².